The summed E-state index contributed by atoms with van der Waals surface area (Å²) in [7, 11) is 2.18. The molecule has 1 saturated heterocycles. The van der Waals surface area contributed by atoms with Crippen molar-refractivity contribution in [3.63, 3.8) is 0 Å². The fourth-order valence-electron chi connectivity index (χ4n) is 3.77. The van der Waals surface area contributed by atoms with Gasteiger partial charge in [-0.25, -0.2) is 0 Å². The molecule has 0 aromatic rings. The van der Waals surface area contributed by atoms with Gasteiger partial charge in [0, 0.05) is 6.54 Å². The first-order valence-electron chi connectivity index (χ1n) is 8.87. The van der Waals surface area contributed by atoms with Gasteiger partial charge < -0.3 is 16.0 Å². The van der Waals surface area contributed by atoms with E-state index in [1.54, 1.807) is 0 Å². The summed E-state index contributed by atoms with van der Waals surface area (Å²) >= 11 is 0. The normalized spacial score (nSPS) is 23.9. The van der Waals surface area contributed by atoms with Crippen molar-refractivity contribution in [2.45, 2.75) is 63.8 Å². The molecule has 1 amide bonds. The van der Waals surface area contributed by atoms with Gasteiger partial charge in [-0.3, -0.25) is 4.79 Å². The van der Waals surface area contributed by atoms with Gasteiger partial charge in [0.25, 0.3) is 0 Å². The van der Waals surface area contributed by atoms with Gasteiger partial charge in [-0.05, 0) is 57.7 Å². The van der Waals surface area contributed by atoms with E-state index < -0.39 is 0 Å². The molecule has 1 saturated carbocycles. The number of nitrogens with zero attached hydrogens (tertiary/aromatic N) is 1. The zero-order chi connectivity index (χ0) is 15.1. The highest BCUT2D eigenvalue weighted by Gasteiger charge is 2.21. The number of nitrogens with one attached hydrogen (secondary N) is 1. The molecule has 3 N–H and O–H groups in total. The van der Waals surface area contributed by atoms with Crippen LogP contribution in [0.2, 0.25) is 0 Å². The lowest BCUT2D eigenvalue weighted by molar-refractivity contribution is -0.122. The monoisotopic (exact) mass is 295 g/mol. The summed E-state index contributed by atoms with van der Waals surface area (Å²) in [6, 6.07) is -0.300. The quantitative estimate of drug-likeness (QED) is 0.789. The van der Waals surface area contributed by atoms with E-state index >= 15 is 0 Å². The minimum Gasteiger partial charge on any atom is -0.355 e. The Hall–Kier alpha value is -0.610. The maximum absolute atomic E-state index is 12.1. The molecule has 4 nitrogen and oxygen atoms in total. The van der Waals surface area contributed by atoms with E-state index in [0.717, 1.165) is 25.3 Å². The van der Waals surface area contributed by atoms with Crippen LogP contribution in [0.5, 0.6) is 0 Å². The van der Waals surface area contributed by atoms with Crippen LogP contribution in [-0.2, 0) is 4.79 Å². The van der Waals surface area contributed by atoms with Crippen LogP contribution in [0.25, 0.3) is 0 Å². The van der Waals surface area contributed by atoms with Crippen molar-refractivity contribution >= 4 is 5.91 Å². The number of rotatable bonds is 6. The lowest BCUT2D eigenvalue weighted by Crippen LogP contribution is -2.43. The van der Waals surface area contributed by atoms with Crippen molar-refractivity contribution in [3.05, 3.63) is 0 Å². The molecule has 122 valence electrons. The maximum Gasteiger partial charge on any atom is 0.236 e. The number of piperidine rings is 1. The van der Waals surface area contributed by atoms with E-state index in [2.05, 4.69) is 17.3 Å². The molecule has 0 aromatic heterocycles. The van der Waals surface area contributed by atoms with Gasteiger partial charge in [0.2, 0.25) is 5.91 Å². The van der Waals surface area contributed by atoms with Crippen LogP contribution in [0, 0.1) is 11.8 Å². The van der Waals surface area contributed by atoms with Crippen LogP contribution < -0.4 is 11.1 Å². The van der Waals surface area contributed by atoms with E-state index in [-0.39, 0.29) is 11.9 Å². The fourth-order valence-corrected chi connectivity index (χ4v) is 3.77. The molecule has 1 heterocycles. The molecule has 1 atom stereocenters. The van der Waals surface area contributed by atoms with Crippen molar-refractivity contribution in [1.82, 2.24) is 10.2 Å². The summed E-state index contributed by atoms with van der Waals surface area (Å²) in [5.74, 6) is 1.51. The van der Waals surface area contributed by atoms with Gasteiger partial charge in [0.05, 0.1) is 6.04 Å². The molecule has 0 radical (unpaired) electrons. The van der Waals surface area contributed by atoms with Crippen LogP contribution in [-0.4, -0.2) is 43.5 Å². The second kappa shape index (κ2) is 8.74. The van der Waals surface area contributed by atoms with E-state index in [1.165, 1.54) is 58.0 Å². The van der Waals surface area contributed by atoms with Gasteiger partial charge >= 0.3 is 0 Å². The first kappa shape index (κ1) is 16.8. The van der Waals surface area contributed by atoms with Gasteiger partial charge in [0.15, 0.2) is 0 Å². The van der Waals surface area contributed by atoms with E-state index in [0.29, 0.717) is 5.92 Å². The second-order valence-electron chi connectivity index (χ2n) is 7.17. The minimum absolute atomic E-state index is 0.0634. The van der Waals surface area contributed by atoms with Gasteiger partial charge in [0.1, 0.15) is 0 Å². The van der Waals surface area contributed by atoms with E-state index in [9.17, 15) is 4.79 Å². The molecule has 0 bridgehead atoms. The molecular weight excluding hydrogens is 262 g/mol. The predicted octanol–water partition coefficient (Wildman–Crippen LogP) is 2.13. The van der Waals surface area contributed by atoms with E-state index in [1.807, 2.05) is 0 Å². The third-order valence-corrected chi connectivity index (χ3v) is 5.34. The first-order valence-corrected chi connectivity index (χ1v) is 8.87. The molecule has 0 aromatic carbocycles. The van der Waals surface area contributed by atoms with Crippen molar-refractivity contribution in [2.75, 3.05) is 26.7 Å². The zero-order valence-electron chi connectivity index (χ0n) is 13.7. The van der Waals surface area contributed by atoms with Crippen molar-refractivity contribution in [3.8, 4) is 0 Å². The Balaban J connectivity index is 1.57. The average Bonchev–Trinajstić information content (AvgIpc) is 2.50. The number of likely N-dealkylation sites (tertiary alicyclic amines) is 1. The van der Waals surface area contributed by atoms with Crippen LogP contribution in [0.4, 0.5) is 0 Å². The molecule has 2 aliphatic rings. The maximum atomic E-state index is 12.1. The Morgan fingerprint density at radius 1 is 1.14 bits per heavy atom. The molecule has 0 spiro atoms. The van der Waals surface area contributed by atoms with Crippen molar-refractivity contribution in [1.29, 1.82) is 0 Å². The second-order valence-corrected chi connectivity index (χ2v) is 7.17. The number of hydrogen-bond donors (Lipinski definition) is 2. The van der Waals surface area contributed by atoms with Crippen LogP contribution >= 0.6 is 0 Å². The summed E-state index contributed by atoms with van der Waals surface area (Å²) < 4.78 is 0. The average molecular weight is 295 g/mol. The standard InChI is InChI=1S/C17H33N3O/c1-20-11-8-14(9-12-20)7-10-19-17(21)16(18)13-15-5-3-2-4-6-15/h14-16H,2-13,18H2,1H3,(H,19,21). The largest absolute Gasteiger partial charge is 0.355 e. The molecule has 1 aliphatic heterocycles. The van der Waals surface area contributed by atoms with Gasteiger partial charge in [-0.2, -0.15) is 0 Å². The Morgan fingerprint density at radius 2 is 1.81 bits per heavy atom. The van der Waals surface area contributed by atoms with Crippen molar-refractivity contribution in [2.24, 2.45) is 17.6 Å². The highest BCUT2D eigenvalue weighted by atomic mass is 16.2. The SMILES string of the molecule is CN1CCC(CCNC(=O)C(N)CC2CCCCC2)CC1. The Morgan fingerprint density at radius 3 is 2.48 bits per heavy atom. The highest BCUT2D eigenvalue weighted by molar-refractivity contribution is 5.81. The minimum atomic E-state index is -0.300. The van der Waals surface area contributed by atoms with Crippen LogP contribution in [0.1, 0.15) is 57.8 Å². The molecule has 1 aliphatic carbocycles. The first-order chi connectivity index (χ1) is 10.1. The Kier molecular flexibility index (Phi) is 6.97. The molecular formula is C17H33N3O. The lowest BCUT2D eigenvalue weighted by Gasteiger charge is -2.29. The molecule has 21 heavy (non-hydrogen) atoms. The number of amides is 1. The molecule has 1 unspecified atom stereocenters. The van der Waals surface area contributed by atoms with Crippen LogP contribution in [0.15, 0.2) is 0 Å². The van der Waals surface area contributed by atoms with E-state index in [4.69, 9.17) is 5.73 Å². The summed E-state index contributed by atoms with van der Waals surface area (Å²) in [6.45, 7) is 3.19. The van der Waals surface area contributed by atoms with Gasteiger partial charge in [-0.15, -0.1) is 0 Å². The predicted molar refractivity (Wildman–Crippen MR) is 87.0 cm³/mol. The lowest BCUT2D eigenvalue weighted by atomic mass is 9.85. The molecule has 2 fully saturated rings. The van der Waals surface area contributed by atoms with Crippen molar-refractivity contribution < 1.29 is 4.79 Å². The number of carbonyl (C=O) groups excluding carboxylic acids is 1. The summed E-state index contributed by atoms with van der Waals surface area (Å²) in [5, 5.41) is 3.05. The topological polar surface area (TPSA) is 58.4 Å². The number of nitrogens with two attached hydrogens (primary N) is 1. The molecule has 2 rings (SSSR count). The molecule has 4 heteroatoms. The summed E-state index contributed by atoms with van der Waals surface area (Å²) in [5.41, 5.74) is 6.07. The van der Waals surface area contributed by atoms with Gasteiger partial charge in [-0.1, -0.05) is 32.1 Å². The smallest absolute Gasteiger partial charge is 0.236 e. The fraction of sp³-hybridized carbons (Fsp3) is 0.941. The Bertz CT molecular complexity index is 307. The van der Waals surface area contributed by atoms with Crippen LogP contribution in [0.3, 0.4) is 0 Å². The highest BCUT2D eigenvalue weighted by Crippen LogP contribution is 2.27. The number of hydrogen-bond acceptors (Lipinski definition) is 3. The Labute approximate surface area is 129 Å². The third-order valence-electron chi connectivity index (χ3n) is 5.34. The summed E-state index contributed by atoms with van der Waals surface area (Å²) in [6.07, 6.45) is 11.0. The summed E-state index contributed by atoms with van der Waals surface area (Å²) in [4.78, 5) is 14.5. The zero-order valence-corrected chi connectivity index (χ0v) is 13.7. The third kappa shape index (κ3) is 5.95. The number of carbonyl (C=O) groups is 1.